The molecule has 0 atom stereocenters. The molecule has 0 radical (unpaired) electrons. The molecule has 0 aromatic rings. The summed E-state index contributed by atoms with van der Waals surface area (Å²) < 4.78 is 10.1. The number of hydrogen-bond acceptors (Lipinski definition) is 1. The summed E-state index contributed by atoms with van der Waals surface area (Å²) >= 11 is 0.0584. The van der Waals surface area contributed by atoms with Crippen molar-refractivity contribution in [1.82, 2.24) is 4.90 Å². The molecule has 3 nitrogen and oxygen atoms in total. The van der Waals surface area contributed by atoms with Crippen molar-refractivity contribution in [2.45, 2.75) is 0 Å². The lowest BCUT2D eigenvalue weighted by molar-refractivity contribution is 0.481. The lowest BCUT2D eigenvalue weighted by atomic mass is 10.5. The molecule has 0 fully saturated rings. The second-order valence-corrected chi connectivity index (χ2v) is 2.37. The van der Waals surface area contributed by atoms with Gasteiger partial charge < -0.3 is 5.11 Å². The fourth-order valence-electron chi connectivity index (χ4n) is 0.633. The number of aliphatic hydroxyl groups is 1. The van der Waals surface area contributed by atoms with Crippen molar-refractivity contribution in [2.75, 3.05) is 0 Å². The zero-order chi connectivity index (χ0) is 8.10. The van der Waals surface area contributed by atoms with Crippen LogP contribution in [-0.4, -0.2) is 19.4 Å². The third-order valence-electron chi connectivity index (χ3n) is 1.12. The molecule has 1 aliphatic rings. The van der Waals surface area contributed by atoms with Crippen LogP contribution in [0.3, 0.4) is 0 Å². The van der Waals surface area contributed by atoms with Crippen LogP contribution in [0, 0.1) is 0 Å². The van der Waals surface area contributed by atoms with E-state index in [-0.39, 0.29) is 16.4 Å². The Morgan fingerprint density at radius 3 is 2.18 bits per heavy atom. The monoisotopic (exact) mass is 169 g/mol. The van der Waals surface area contributed by atoms with Crippen molar-refractivity contribution < 1.29 is 9.32 Å². The maximum absolute atomic E-state index is 10.1. The molecule has 1 N–H and O–H groups in total. The second kappa shape index (κ2) is 3.90. The van der Waals surface area contributed by atoms with E-state index in [1.54, 1.807) is 36.7 Å². The Labute approximate surface area is 68.0 Å². The average Bonchev–Trinajstić information content (AvgIpc) is 2.30. The normalized spacial score (nSPS) is 14.8. The van der Waals surface area contributed by atoms with E-state index >= 15 is 0 Å². The lowest BCUT2D eigenvalue weighted by Crippen LogP contribution is -2.18. The molecule has 1 rings (SSSR count). The predicted molar refractivity (Wildman–Crippen MR) is 45.0 cm³/mol. The molecule has 1 aliphatic heterocycles. The minimum atomic E-state index is -0.277. The topological polar surface area (TPSA) is 40.5 Å². The maximum Gasteiger partial charge on any atom is 0.246 e. The van der Waals surface area contributed by atoms with E-state index in [1.807, 2.05) is 0 Å². The highest BCUT2D eigenvalue weighted by molar-refractivity contribution is 7.65. The summed E-state index contributed by atoms with van der Waals surface area (Å²) in [5.41, 5.74) is 0. The molecule has 58 valence electrons. The van der Waals surface area contributed by atoms with Crippen LogP contribution >= 0.6 is 0 Å². The molecule has 11 heavy (non-hydrogen) atoms. The van der Waals surface area contributed by atoms with Crippen molar-refractivity contribution in [3.63, 3.8) is 0 Å². The van der Waals surface area contributed by atoms with Crippen LogP contribution < -0.4 is 0 Å². The molecule has 0 aromatic heterocycles. The number of nitrogens with zero attached hydrogens (tertiary/aromatic N) is 1. The van der Waals surface area contributed by atoms with E-state index in [0.717, 1.165) is 0 Å². The summed E-state index contributed by atoms with van der Waals surface area (Å²) in [5, 5.41) is 8.69. The van der Waals surface area contributed by atoms with E-state index in [2.05, 4.69) is 0 Å². The maximum atomic E-state index is 10.1. The Kier molecular flexibility index (Phi) is 2.83. The van der Waals surface area contributed by atoms with Crippen LogP contribution in [-0.2, 0) is 11.3 Å². The van der Waals surface area contributed by atoms with Gasteiger partial charge >= 0.3 is 0 Å². The molecule has 0 unspecified atom stereocenters. The first-order valence-electron chi connectivity index (χ1n) is 3.00. The van der Waals surface area contributed by atoms with Gasteiger partial charge in [0.2, 0.25) is 5.17 Å². The fraction of sp³-hybridized carbons (Fsp3) is 0. The van der Waals surface area contributed by atoms with Gasteiger partial charge in [0.15, 0.2) is 0 Å². The SMILES string of the molecule is O=S=C(O)N1C=CC=CC=C1. The summed E-state index contributed by atoms with van der Waals surface area (Å²) in [6.45, 7) is 0. The van der Waals surface area contributed by atoms with Crippen LogP contribution in [0.1, 0.15) is 0 Å². The minimum absolute atomic E-state index is 0.0584. The molecule has 0 bridgehead atoms. The van der Waals surface area contributed by atoms with E-state index in [9.17, 15) is 4.21 Å². The Bertz CT molecular complexity index is 258. The van der Waals surface area contributed by atoms with Gasteiger partial charge in [-0.15, -0.1) is 0 Å². The van der Waals surface area contributed by atoms with Gasteiger partial charge in [0, 0.05) is 12.4 Å². The highest BCUT2D eigenvalue weighted by Gasteiger charge is 1.99. The van der Waals surface area contributed by atoms with Gasteiger partial charge in [-0.1, -0.05) is 12.2 Å². The van der Waals surface area contributed by atoms with E-state index in [4.69, 9.17) is 5.11 Å². The highest BCUT2D eigenvalue weighted by atomic mass is 32.1. The smallest absolute Gasteiger partial charge is 0.246 e. The molecule has 0 saturated carbocycles. The molecule has 1 heterocycles. The largest absolute Gasteiger partial charge is 0.336 e. The number of rotatable bonds is 0. The first-order chi connectivity index (χ1) is 5.34. The quantitative estimate of drug-likeness (QED) is 0.544. The van der Waals surface area contributed by atoms with E-state index in [0.29, 0.717) is 0 Å². The van der Waals surface area contributed by atoms with Crippen molar-refractivity contribution in [2.24, 2.45) is 0 Å². The molecule has 0 saturated heterocycles. The highest BCUT2D eigenvalue weighted by Crippen LogP contribution is 1.96. The Hall–Kier alpha value is -1.13. The molecular formula is C7H7NO2S. The summed E-state index contributed by atoms with van der Waals surface area (Å²) in [4.78, 5) is 1.34. The van der Waals surface area contributed by atoms with Gasteiger partial charge in [-0.05, 0) is 12.2 Å². The van der Waals surface area contributed by atoms with Gasteiger partial charge in [-0.2, -0.15) is 0 Å². The van der Waals surface area contributed by atoms with Gasteiger partial charge in [0.1, 0.15) is 11.3 Å². The van der Waals surface area contributed by atoms with Gasteiger partial charge in [-0.3, -0.25) is 4.90 Å². The van der Waals surface area contributed by atoms with Crippen molar-refractivity contribution in [3.05, 3.63) is 36.7 Å². The van der Waals surface area contributed by atoms with Crippen LogP contribution in [0.2, 0.25) is 0 Å². The van der Waals surface area contributed by atoms with E-state index < -0.39 is 0 Å². The number of aliphatic hydroxyl groups excluding tert-OH is 1. The van der Waals surface area contributed by atoms with Crippen LogP contribution in [0.4, 0.5) is 0 Å². The molecular weight excluding hydrogens is 162 g/mol. The first kappa shape index (κ1) is 7.97. The van der Waals surface area contributed by atoms with Crippen molar-refractivity contribution in [1.29, 1.82) is 0 Å². The fourth-order valence-corrected chi connectivity index (χ4v) is 0.841. The van der Waals surface area contributed by atoms with Crippen LogP contribution in [0.15, 0.2) is 36.7 Å². The van der Waals surface area contributed by atoms with Crippen LogP contribution in [0.5, 0.6) is 0 Å². The molecule has 4 heteroatoms. The molecule has 0 spiro atoms. The zero-order valence-electron chi connectivity index (χ0n) is 5.68. The summed E-state index contributed by atoms with van der Waals surface area (Å²) in [6, 6.07) is 0. The number of hydrogen-bond donors (Lipinski definition) is 1. The summed E-state index contributed by atoms with van der Waals surface area (Å²) in [7, 11) is 0. The van der Waals surface area contributed by atoms with Gasteiger partial charge in [0.05, 0.1) is 0 Å². The van der Waals surface area contributed by atoms with E-state index in [1.165, 1.54) is 4.90 Å². The first-order valence-corrected chi connectivity index (χ1v) is 3.74. The third kappa shape index (κ3) is 2.18. The molecule has 0 amide bonds. The summed E-state index contributed by atoms with van der Waals surface area (Å²) in [6.07, 6.45) is 10.3. The Morgan fingerprint density at radius 2 is 1.73 bits per heavy atom. The lowest BCUT2D eigenvalue weighted by Gasteiger charge is -2.08. The molecule has 0 aromatic carbocycles. The van der Waals surface area contributed by atoms with Crippen molar-refractivity contribution in [3.8, 4) is 0 Å². The summed E-state index contributed by atoms with van der Waals surface area (Å²) in [5.74, 6) is 0. The van der Waals surface area contributed by atoms with Crippen molar-refractivity contribution >= 4 is 16.4 Å². The predicted octanol–water partition coefficient (Wildman–Crippen LogP) is 0.744. The number of allylic oxidation sites excluding steroid dienone is 4. The second-order valence-electron chi connectivity index (χ2n) is 1.84. The van der Waals surface area contributed by atoms with Gasteiger partial charge in [-0.25, -0.2) is 4.21 Å². The van der Waals surface area contributed by atoms with Gasteiger partial charge in [0.25, 0.3) is 0 Å². The zero-order valence-corrected chi connectivity index (χ0v) is 6.49. The minimum Gasteiger partial charge on any atom is -0.336 e. The third-order valence-corrected chi connectivity index (χ3v) is 1.48. The Balaban J connectivity index is 2.83. The average molecular weight is 169 g/mol. The Morgan fingerprint density at radius 1 is 1.18 bits per heavy atom. The van der Waals surface area contributed by atoms with Crippen LogP contribution in [0.25, 0.3) is 0 Å². The standard InChI is InChI=1S/C7H7NO2S/c9-7(11-10)8-5-3-1-2-4-6-8/h1-6,9H. The molecule has 0 aliphatic carbocycles.